The lowest BCUT2D eigenvalue weighted by Crippen LogP contribution is -2.48. The van der Waals surface area contributed by atoms with Crippen LogP contribution in [-0.4, -0.2) is 58.1 Å². The van der Waals surface area contributed by atoms with Crippen molar-refractivity contribution in [2.75, 3.05) is 37.1 Å². The third-order valence-electron chi connectivity index (χ3n) is 5.97. The third kappa shape index (κ3) is 3.97. The van der Waals surface area contributed by atoms with Crippen molar-refractivity contribution in [2.45, 2.75) is 17.5 Å². The van der Waals surface area contributed by atoms with E-state index in [9.17, 15) is 13.2 Å². The molecule has 0 saturated carbocycles. The highest BCUT2D eigenvalue weighted by molar-refractivity contribution is 7.93. The van der Waals surface area contributed by atoms with Crippen molar-refractivity contribution in [1.29, 1.82) is 0 Å². The molecule has 1 atom stereocenters. The average Bonchev–Trinajstić information content (AvgIpc) is 3.02. The van der Waals surface area contributed by atoms with E-state index >= 15 is 0 Å². The Balaban J connectivity index is 1.21. The maximum absolute atomic E-state index is 13.0. The van der Waals surface area contributed by atoms with Crippen LogP contribution in [0.5, 0.6) is 0 Å². The van der Waals surface area contributed by atoms with Gasteiger partial charge in [-0.25, -0.2) is 8.42 Å². The Morgan fingerprint density at radius 1 is 1.03 bits per heavy atom. The summed E-state index contributed by atoms with van der Waals surface area (Å²) in [7, 11) is -3.75. The molecule has 2 aliphatic rings. The minimum atomic E-state index is -3.75. The second-order valence-electron chi connectivity index (χ2n) is 8.16. The predicted octanol–water partition coefficient (Wildman–Crippen LogP) is 2.37. The first-order valence-corrected chi connectivity index (χ1v) is 12.2. The number of rotatable bonds is 6. The first kappa shape index (κ1) is 20.9. The largest absolute Gasteiger partial charge is 0.374 e. The molecule has 1 saturated heterocycles. The van der Waals surface area contributed by atoms with Gasteiger partial charge < -0.3 is 10.1 Å². The number of ether oxygens (including phenoxy) is 1. The molecular formula is C24H25N3O4S. The summed E-state index contributed by atoms with van der Waals surface area (Å²) >= 11 is 0. The summed E-state index contributed by atoms with van der Waals surface area (Å²) in [6.07, 6.45) is -0.132. The molecule has 5 rings (SSSR count). The quantitative estimate of drug-likeness (QED) is 0.623. The maximum atomic E-state index is 13.0. The Morgan fingerprint density at radius 2 is 1.81 bits per heavy atom. The van der Waals surface area contributed by atoms with Gasteiger partial charge in [0.1, 0.15) is 6.54 Å². The molecule has 0 radical (unpaired) electrons. The van der Waals surface area contributed by atoms with Gasteiger partial charge in [-0.1, -0.05) is 54.6 Å². The van der Waals surface area contributed by atoms with Crippen LogP contribution >= 0.6 is 0 Å². The van der Waals surface area contributed by atoms with Gasteiger partial charge in [-0.2, -0.15) is 0 Å². The molecular weight excluding hydrogens is 426 g/mol. The van der Waals surface area contributed by atoms with Gasteiger partial charge in [0, 0.05) is 31.6 Å². The van der Waals surface area contributed by atoms with Gasteiger partial charge in [-0.15, -0.1) is 0 Å². The molecule has 32 heavy (non-hydrogen) atoms. The molecule has 0 bridgehead atoms. The number of nitrogens with one attached hydrogen (secondary N) is 1. The number of anilines is 1. The number of morpholine rings is 1. The zero-order valence-corrected chi connectivity index (χ0v) is 18.4. The normalized spacial score (nSPS) is 19.9. The van der Waals surface area contributed by atoms with E-state index in [-0.39, 0.29) is 23.5 Å². The molecule has 3 aromatic carbocycles. The second-order valence-corrected chi connectivity index (χ2v) is 9.99. The number of carbonyl (C=O) groups excluding carboxylic acids is 1. The van der Waals surface area contributed by atoms with Gasteiger partial charge in [0.15, 0.2) is 0 Å². The van der Waals surface area contributed by atoms with E-state index in [4.69, 9.17) is 4.74 Å². The van der Waals surface area contributed by atoms with Crippen molar-refractivity contribution >= 4 is 32.4 Å². The number of benzene rings is 3. The summed E-state index contributed by atoms with van der Waals surface area (Å²) in [5.74, 6) is -0.345. The Hall–Kier alpha value is -2.94. The minimum absolute atomic E-state index is 0.132. The molecule has 1 fully saturated rings. The molecule has 3 aromatic rings. The summed E-state index contributed by atoms with van der Waals surface area (Å²) in [5, 5.41) is 4.39. The smallest absolute Gasteiger partial charge is 0.265 e. The standard InChI is InChI=1S/C24H25N3O4S/c28-23(25-14-20-16-26(12-13-31-20)15-18-6-2-1-3-7-18)17-27-21-10-4-8-19-9-5-11-22(24(19)21)32(27,29)30/h1-11,20H,12-17H2,(H,25,28). The molecule has 8 heteroatoms. The Kier molecular flexibility index (Phi) is 5.58. The maximum Gasteiger partial charge on any atom is 0.265 e. The van der Waals surface area contributed by atoms with Crippen LogP contribution in [0.3, 0.4) is 0 Å². The third-order valence-corrected chi connectivity index (χ3v) is 7.77. The molecule has 2 aliphatic heterocycles. The number of hydrogen-bond acceptors (Lipinski definition) is 5. The van der Waals surface area contributed by atoms with Crippen LogP contribution in [0.2, 0.25) is 0 Å². The molecule has 2 heterocycles. The lowest BCUT2D eigenvalue weighted by molar-refractivity contribution is -0.120. The van der Waals surface area contributed by atoms with Crippen LogP contribution in [0.1, 0.15) is 5.56 Å². The van der Waals surface area contributed by atoms with E-state index in [1.54, 1.807) is 18.2 Å². The van der Waals surface area contributed by atoms with Crippen molar-refractivity contribution in [3.8, 4) is 0 Å². The molecule has 0 aromatic heterocycles. The Bertz CT molecular complexity index is 1240. The van der Waals surface area contributed by atoms with Gasteiger partial charge in [-0.05, 0) is 23.1 Å². The SMILES string of the molecule is O=C(CN1c2cccc3cccc(c23)S1(=O)=O)NCC1CN(Cc2ccccc2)CCO1. The molecule has 1 amide bonds. The highest BCUT2D eigenvalue weighted by Gasteiger charge is 2.36. The summed E-state index contributed by atoms with van der Waals surface area (Å²) in [5.41, 5.74) is 1.79. The molecule has 1 N–H and O–H groups in total. The Morgan fingerprint density at radius 3 is 2.62 bits per heavy atom. The minimum Gasteiger partial charge on any atom is -0.374 e. The average molecular weight is 452 g/mol. The number of sulfonamides is 1. The monoisotopic (exact) mass is 451 g/mol. The lowest BCUT2D eigenvalue weighted by atomic mass is 10.1. The van der Waals surface area contributed by atoms with E-state index < -0.39 is 10.0 Å². The summed E-state index contributed by atoms with van der Waals surface area (Å²) in [6, 6.07) is 20.9. The van der Waals surface area contributed by atoms with Gasteiger partial charge in [0.05, 0.1) is 23.3 Å². The van der Waals surface area contributed by atoms with Crippen molar-refractivity contribution in [3.05, 3.63) is 72.3 Å². The second kappa shape index (κ2) is 8.54. The predicted molar refractivity (Wildman–Crippen MR) is 123 cm³/mol. The van der Waals surface area contributed by atoms with Gasteiger partial charge in [0.2, 0.25) is 5.91 Å². The first-order valence-electron chi connectivity index (χ1n) is 10.7. The number of carbonyl (C=O) groups is 1. The van der Waals surface area contributed by atoms with Crippen molar-refractivity contribution in [3.63, 3.8) is 0 Å². The van der Waals surface area contributed by atoms with Crippen molar-refractivity contribution in [1.82, 2.24) is 10.2 Å². The summed E-state index contributed by atoms with van der Waals surface area (Å²) in [6.45, 7) is 3.08. The molecule has 0 spiro atoms. The molecule has 166 valence electrons. The number of hydrogen-bond donors (Lipinski definition) is 1. The lowest BCUT2D eigenvalue weighted by Gasteiger charge is -2.33. The van der Waals surface area contributed by atoms with Crippen molar-refractivity contribution in [2.24, 2.45) is 0 Å². The zero-order chi connectivity index (χ0) is 22.1. The van der Waals surface area contributed by atoms with Crippen LogP contribution in [-0.2, 0) is 26.1 Å². The molecule has 0 aliphatic carbocycles. The van der Waals surface area contributed by atoms with E-state index in [1.165, 1.54) is 9.87 Å². The zero-order valence-electron chi connectivity index (χ0n) is 17.6. The van der Waals surface area contributed by atoms with Gasteiger partial charge in [-0.3, -0.25) is 14.0 Å². The van der Waals surface area contributed by atoms with E-state index in [2.05, 4.69) is 22.3 Å². The number of amides is 1. The van der Waals surface area contributed by atoms with Crippen LogP contribution in [0.25, 0.3) is 10.8 Å². The van der Waals surface area contributed by atoms with Gasteiger partial charge >= 0.3 is 0 Å². The van der Waals surface area contributed by atoms with E-state index in [1.807, 2.05) is 36.4 Å². The fourth-order valence-electron chi connectivity index (χ4n) is 4.43. The van der Waals surface area contributed by atoms with Crippen LogP contribution in [0.15, 0.2) is 71.6 Å². The van der Waals surface area contributed by atoms with Gasteiger partial charge in [0.25, 0.3) is 10.0 Å². The molecule has 7 nitrogen and oxygen atoms in total. The summed E-state index contributed by atoms with van der Waals surface area (Å²) < 4.78 is 33.1. The van der Waals surface area contributed by atoms with Crippen molar-refractivity contribution < 1.29 is 17.9 Å². The van der Waals surface area contributed by atoms with E-state index in [0.29, 0.717) is 30.8 Å². The topological polar surface area (TPSA) is 79.0 Å². The first-order chi connectivity index (χ1) is 15.5. The van der Waals surface area contributed by atoms with E-state index in [0.717, 1.165) is 18.5 Å². The van der Waals surface area contributed by atoms with Crippen LogP contribution in [0, 0.1) is 0 Å². The fourth-order valence-corrected chi connectivity index (χ4v) is 6.10. The Labute approximate surface area is 187 Å². The summed E-state index contributed by atoms with van der Waals surface area (Å²) in [4.78, 5) is 15.2. The highest BCUT2D eigenvalue weighted by atomic mass is 32.2. The number of nitrogens with zero attached hydrogens (tertiary/aromatic N) is 2. The highest BCUT2D eigenvalue weighted by Crippen LogP contribution is 2.41. The van der Waals surface area contributed by atoms with Crippen LogP contribution < -0.4 is 9.62 Å². The molecule has 1 unspecified atom stereocenters. The fraction of sp³-hybridized carbons (Fsp3) is 0.292. The van der Waals surface area contributed by atoms with Crippen LogP contribution in [0.4, 0.5) is 5.69 Å².